The van der Waals surface area contributed by atoms with Gasteiger partial charge in [0, 0.05) is 17.5 Å². The van der Waals surface area contributed by atoms with E-state index in [9.17, 15) is 0 Å². The van der Waals surface area contributed by atoms with E-state index >= 15 is 0 Å². The van der Waals surface area contributed by atoms with Gasteiger partial charge in [-0.05, 0) is 47.7 Å². The van der Waals surface area contributed by atoms with Crippen LogP contribution >= 0.6 is 0 Å². The number of ether oxygens (including phenoxy) is 1. The summed E-state index contributed by atoms with van der Waals surface area (Å²) in [5, 5.41) is 0. The molecule has 3 rings (SSSR count). The van der Waals surface area contributed by atoms with Gasteiger partial charge in [0.25, 0.3) is 0 Å². The minimum atomic E-state index is 0.798. The smallest absolute Gasteiger partial charge is 0.119 e. The Hall–Kier alpha value is -2.61. The van der Waals surface area contributed by atoms with Crippen LogP contribution in [0.2, 0.25) is 0 Å². The van der Waals surface area contributed by atoms with E-state index in [0.717, 1.165) is 36.5 Å². The highest BCUT2D eigenvalue weighted by Gasteiger charge is 2.02. The molecule has 0 aliphatic rings. The van der Waals surface area contributed by atoms with Crippen LogP contribution in [0.3, 0.4) is 0 Å². The van der Waals surface area contributed by atoms with Gasteiger partial charge in [-0.25, -0.2) is 0 Å². The molecule has 0 amide bonds. The zero-order valence-corrected chi connectivity index (χ0v) is 15.7. The predicted octanol–water partition coefficient (Wildman–Crippen LogP) is 6.55. The Balaban J connectivity index is 1.66. The van der Waals surface area contributed by atoms with E-state index < -0.39 is 0 Å². The molecule has 0 aliphatic heterocycles. The van der Waals surface area contributed by atoms with Gasteiger partial charge >= 0.3 is 0 Å². The maximum absolute atomic E-state index is 5.79. The summed E-state index contributed by atoms with van der Waals surface area (Å²) in [6.07, 6.45) is 6.49. The van der Waals surface area contributed by atoms with Crippen molar-refractivity contribution in [3.05, 3.63) is 72.6 Å². The van der Waals surface area contributed by atoms with Crippen molar-refractivity contribution in [2.24, 2.45) is 0 Å². The van der Waals surface area contributed by atoms with Gasteiger partial charge in [0.2, 0.25) is 0 Å². The summed E-state index contributed by atoms with van der Waals surface area (Å²) in [5.74, 6) is 0.948. The first-order chi connectivity index (χ1) is 12.8. The number of unbranched alkanes of at least 4 members (excludes halogenated alkanes) is 2. The lowest BCUT2D eigenvalue weighted by molar-refractivity contribution is 0.306. The van der Waals surface area contributed by atoms with Crippen molar-refractivity contribution >= 4 is 0 Å². The van der Waals surface area contributed by atoms with Gasteiger partial charge in [-0.1, -0.05) is 69.2 Å². The molecule has 0 unspecified atom stereocenters. The van der Waals surface area contributed by atoms with Crippen LogP contribution in [0.5, 0.6) is 5.75 Å². The lowest BCUT2D eigenvalue weighted by Crippen LogP contribution is -1.96. The standard InChI is InChI=1S/C24H27NO/c1-3-5-6-17-26-24-15-12-20(13-16-24)19-7-9-21(10-8-19)22-11-14-23(4-2)25-18-22/h7-16,18H,3-6,17H2,1-2H3. The number of pyridine rings is 1. The monoisotopic (exact) mass is 345 g/mol. The lowest BCUT2D eigenvalue weighted by atomic mass is 10.0. The van der Waals surface area contributed by atoms with E-state index in [1.165, 1.54) is 29.5 Å². The Bertz CT molecular complexity index is 789. The second-order valence-electron chi connectivity index (χ2n) is 6.55. The number of nitrogens with zero attached hydrogens (tertiary/aromatic N) is 1. The highest BCUT2D eigenvalue weighted by Crippen LogP contribution is 2.26. The second kappa shape index (κ2) is 9.19. The summed E-state index contributed by atoms with van der Waals surface area (Å²) in [4.78, 5) is 4.49. The van der Waals surface area contributed by atoms with Crippen LogP contribution in [-0.2, 0) is 6.42 Å². The van der Waals surface area contributed by atoms with E-state index in [-0.39, 0.29) is 0 Å². The SMILES string of the molecule is CCCCCOc1ccc(-c2ccc(-c3ccc(CC)nc3)cc2)cc1. The van der Waals surface area contributed by atoms with Crippen LogP contribution in [-0.4, -0.2) is 11.6 Å². The predicted molar refractivity (Wildman–Crippen MR) is 110 cm³/mol. The van der Waals surface area contributed by atoms with Crippen molar-refractivity contribution in [2.75, 3.05) is 6.61 Å². The molecule has 1 aromatic heterocycles. The average Bonchev–Trinajstić information content (AvgIpc) is 2.72. The Morgan fingerprint density at radius 2 is 1.27 bits per heavy atom. The molecule has 0 bridgehead atoms. The third kappa shape index (κ3) is 4.72. The number of hydrogen-bond acceptors (Lipinski definition) is 2. The molecule has 3 aromatic rings. The summed E-state index contributed by atoms with van der Waals surface area (Å²) in [6.45, 7) is 5.13. The van der Waals surface area contributed by atoms with E-state index in [4.69, 9.17) is 4.74 Å². The van der Waals surface area contributed by atoms with Crippen molar-refractivity contribution < 1.29 is 4.74 Å². The Morgan fingerprint density at radius 3 is 1.81 bits per heavy atom. The third-order valence-electron chi connectivity index (χ3n) is 4.61. The fourth-order valence-electron chi connectivity index (χ4n) is 2.95. The Morgan fingerprint density at radius 1 is 0.692 bits per heavy atom. The molecular weight excluding hydrogens is 318 g/mol. The quantitative estimate of drug-likeness (QED) is 0.432. The van der Waals surface area contributed by atoms with E-state index in [0.29, 0.717) is 0 Å². The largest absolute Gasteiger partial charge is 0.494 e. The molecule has 1 heterocycles. The second-order valence-corrected chi connectivity index (χ2v) is 6.55. The van der Waals surface area contributed by atoms with Crippen molar-refractivity contribution in [1.29, 1.82) is 0 Å². The molecule has 0 fully saturated rings. The van der Waals surface area contributed by atoms with Gasteiger partial charge in [0.15, 0.2) is 0 Å². The first kappa shape index (κ1) is 18.2. The summed E-state index contributed by atoms with van der Waals surface area (Å²) in [7, 11) is 0. The number of hydrogen-bond donors (Lipinski definition) is 0. The van der Waals surface area contributed by atoms with Crippen LogP contribution in [0.15, 0.2) is 66.9 Å². The maximum Gasteiger partial charge on any atom is 0.119 e. The van der Waals surface area contributed by atoms with E-state index in [1.807, 2.05) is 6.20 Å². The van der Waals surface area contributed by atoms with Crippen molar-refractivity contribution in [3.8, 4) is 28.0 Å². The topological polar surface area (TPSA) is 22.1 Å². The highest BCUT2D eigenvalue weighted by atomic mass is 16.5. The molecule has 0 aliphatic carbocycles. The van der Waals surface area contributed by atoms with E-state index in [2.05, 4.69) is 79.5 Å². The zero-order valence-electron chi connectivity index (χ0n) is 15.7. The van der Waals surface area contributed by atoms with Gasteiger partial charge in [-0.2, -0.15) is 0 Å². The molecule has 2 nitrogen and oxygen atoms in total. The Labute approximate surface area is 156 Å². The molecular formula is C24H27NO. The number of benzene rings is 2. The van der Waals surface area contributed by atoms with E-state index in [1.54, 1.807) is 0 Å². The number of aryl methyl sites for hydroxylation is 1. The normalized spacial score (nSPS) is 10.7. The molecule has 2 aromatic carbocycles. The Kier molecular flexibility index (Phi) is 6.43. The third-order valence-corrected chi connectivity index (χ3v) is 4.61. The van der Waals surface area contributed by atoms with Crippen LogP contribution < -0.4 is 4.74 Å². The van der Waals surface area contributed by atoms with Gasteiger partial charge in [-0.15, -0.1) is 0 Å². The molecule has 0 radical (unpaired) electrons. The number of aromatic nitrogens is 1. The molecule has 0 N–H and O–H groups in total. The molecule has 0 saturated heterocycles. The van der Waals surface area contributed by atoms with Crippen molar-refractivity contribution in [1.82, 2.24) is 4.98 Å². The van der Waals surface area contributed by atoms with Gasteiger partial charge in [0.05, 0.1) is 6.61 Å². The molecule has 26 heavy (non-hydrogen) atoms. The maximum atomic E-state index is 5.79. The van der Waals surface area contributed by atoms with Crippen LogP contribution in [0, 0.1) is 0 Å². The minimum Gasteiger partial charge on any atom is -0.494 e. The van der Waals surface area contributed by atoms with Gasteiger partial charge in [0.1, 0.15) is 5.75 Å². The summed E-state index contributed by atoms with van der Waals surface area (Å²) in [6, 6.07) is 21.3. The molecule has 0 atom stereocenters. The lowest BCUT2D eigenvalue weighted by Gasteiger charge is -2.08. The highest BCUT2D eigenvalue weighted by molar-refractivity contribution is 5.70. The summed E-state index contributed by atoms with van der Waals surface area (Å²) >= 11 is 0. The fourth-order valence-corrected chi connectivity index (χ4v) is 2.95. The average molecular weight is 345 g/mol. The first-order valence-corrected chi connectivity index (χ1v) is 9.58. The van der Waals surface area contributed by atoms with Crippen molar-refractivity contribution in [2.45, 2.75) is 39.5 Å². The molecule has 2 heteroatoms. The van der Waals surface area contributed by atoms with Crippen LogP contribution in [0.1, 0.15) is 38.8 Å². The summed E-state index contributed by atoms with van der Waals surface area (Å²) < 4.78 is 5.79. The van der Waals surface area contributed by atoms with Crippen LogP contribution in [0.25, 0.3) is 22.3 Å². The zero-order chi connectivity index (χ0) is 18.2. The molecule has 0 saturated carbocycles. The number of rotatable bonds is 8. The van der Waals surface area contributed by atoms with Gasteiger partial charge in [-0.3, -0.25) is 4.98 Å². The van der Waals surface area contributed by atoms with Gasteiger partial charge < -0.3 is 4.74 Å². The minimum absolute atomic E-state index is 0.798. The fraction of sp³-hybridized carbons (Fsp3) is 0.292. The summed E-state index contributed by atoms with van der Waals surface area (Å²) in [5.41, 5.74) is 5.90. The molecule has 134 valence electrons. The first-order valence-electron chi connectivity index (χ1n) is 9.58. The van der Waals surface area contributed by atoms with Crippen LogP contribution in [0.4, 0.5) is 0 Å². The van der Waals surface area contributed by atoms with Crippen molar-refractivity contribution in [3.63, 3.8) is 0 Å². The molecule has 0 spiro atoms.